The van der Waals surface area contributed by atoms with E-state index in [-0.39, 0.29) is 36.4 Å². The summed E-state index contributed by atoms with van der Waals surface area (Å²) in [5.41, 5.74) is 2.43. The van der Waals surface area contributed by atoms with Crippen molar-refractivity contribution < 1.29 is 9.53 Å². The quantitative estimate of drug-likeness (QED) is 0.299. The van der Waals surface area contributed by atoms with E-state index in [0.717, 1.165) is 6.54 Å². The zero-order chi connectivity index (χ0) is 17.2. The van der Waals surface area contributed by atoms with Crippen molar-refractivity contribution in [1.82, 2.24) is 15.1 Å². The van der Waals surface area contributed by atoms with Gasteiger partial charge in [0, 0.05) is 41.3 Å². The Morgan fingerprint density at radius 2 is 1.83 bits per heavy atom. The summed E-state index contributed by atoms with van der Waals surface area (Å²) in [4.78, 5) is 19.7. The van der Waals surface area contributed by atoms with Crippen LogP contribution < -0.4 is 5.32 Å². The molecule has 0 aliphatic heterocycles. The highest BCUT2D eigenvalue weighted by molar-refractivity contribution is 14.0. The average Bonchev–Trinajstić information content (AvgIpc) is 2.52. The Balaban J connectivity index is 0.00000529. The number of aryl methyl sites for hydroxylation is 1. The number of carbonyl (C=O) groups excluding carboxylic acids is 1. The van der Waals surface area contributed by atoms with Gasteiger partial charge in [0.2, 0.25) is 5.91 Å². The molecule has 1 aromatic rings. The van der Waals surface area contributed by atoms with Crippen LogP contribution in [0.2, 0.25) is 0 Å². The Hall–Kier alpha value is -1.35. The van der Waals surface area contributed by atoms with E-state index in [4.69, 9.17) is 4.74 Å². The molecule has 0 radical (unpaired) electrons. The average molecular weight is 448 g/mol. The molecular weight excluding hydrogens is 419 g/mol. The number of benzene rings is 1. The fourth-order valence-electron chi connectivity index (χ4n) is 1.90. The maximum absolute atomic E-state index is 11.7. The number of ether oxygens (including phenoxy) is 1. The summed E-state index contributed by atoms with van der Waals surface area (Å²) in [5.74, 6) is 0.664. The van der Waals surface area contributed by atoms with E-state index in [1.807, 2.05) is 11.9 Å². The van der Waals surface area contributed by atoms with Crippen LogP contribution in [-0.2, 0) is 16.1 Å². The van der Waals surface area contributed by atoms with Crippen LogP contribution in [0.1, 0.15) is 11.1 Å². The van der Waals surface area contributed by atoms with Gasteiger partial charge in [-0.2, -0.15) is 0 Å². The highest BCUT2D eigenvalue weighted by Crippen LogP contribution is 2.06. The molecule has 0 aliphatic rings. The number of nitrogens with zero attached hydrogens (tertiary/aromatic N) is 3. The van der Waals surface area contributed by atoms with Crippen molar-refractivity contribution in [2.45, 2.75) is 13.5 Å². The Morgan fingerprint density at radius 1 is 1.21 bits per heavy atom. The van der Waals surface area contributed by atoms with E-state index in [0.29, 0.717) is 19.1 Å². The van der Waals surface area contributed by atoms with Crippen molar-refractivity contribution >= 4 is 35.8 Å². The van der Waals surface area contributed by atoms with Crippen molar-refractivity contribution in [3.8, 4) is 0 Å². The minimum atomic E-state index is -0.0280. The summed E-state index contributed by atoms with van der Waals surface area (Å²) >= 11 is 0. The molecule has 7 heteroatoms. The number of likely N-dealkylation sites (N-methyl/N-ethyl adjacent to an activating group) is 1. The molecule has 1 N–H and O–H groups in total. The van der Waals surface area contributed by atoms with E-state index < -0.39 is 0 Å². The Bertz CT molecular complexity index is 518. The van der Waals surface area contributed by atoms with E-state index >= 15 is 0 Å². The number of methoxy groups -OCH3 is 1. The molecule has 0 aromatic heterocycles. The molecule has 1 rings (SSSR count). The normalized spacial score (nSPS) is 10.8. The third-order valence-corrected chi connectivity index (χ3v) is 3.35. The summed E-state index contributed by atoms with van der Waals surface area (Å²) in [6.07, 6.45) is 0. The number of aliphatic imine (C=N–C) groups is 1. The number of halogens is 1. The zero-order valence-electron chi connectivity index (χ0n) is 15.2. The van der Waals surface area contributed by atoms with Crippen molar-refractivity contribution in [2.75, 3.05) is 47.9 Å². The number of hydrogen-bond donors (Lipinski definition) is 1. The molecule has 136 valence electrons. The Kier molecular flexibility index (Phi) is 11.4. The number of guanidine groups is 1. The van der Waals surface area contributed by atoms with Crippen LogP contribution in [0.3, 0.4) is 0 Å². The number of carbonyl (C=O) groups is 1. The summed E-state index contributed by atoms with van der Waals surface area (Å²) < 4.78 is 5.06. The standard InChI is InChI=1S/C17H28N4O2.HI/c1-14-6-8-15(9-7-14)13-21(4)17(18-10-11-23-5)19-12-16(22)20(2)3;/h6-9H,10-13H2,1-5H3,(H,18,19);1H. The largest absolute Gasteiger partial charge is 0.383 e. The minimum Gasteiger partial charge on any atom is -0.383 e. The molecule has 0 heterocycles. The maximum atomic E-state index is 11.7. The van der Waals surface area contributed by atoms with Gasteiger partial charge in [0.05, 0.1) is 6.61 Å². The number of nitrogens with one attached hydrogen (secondary N) is 1. The summed E-state index contributed by atoms with van der Waals surface area (Å²) in [6, 6.07) is 8.38. The predicted molar refractivity (Wildman–Crippen MR) is 109 cm³/mol. The lowest BCUT2D eigenvalue weighted by Gasteiger charge is -2.23. The van der Waals surface area contributed by atoms with Crippen LogP contribution in [-0.4, -0.2) is 69.6 Å². The molecule has 24 heavy (non-hydrogen) atoms. The van der Waals surface area contributed by atoms with Crippen LogP contribution in [0.25, 0.3) is 0 Å². The molecule has 0 bridgehead atoms. The number of rotatable bonds is 7. The first-order valence-electron chi connectivity index (χ1n) is 7.68. The van der Waals surface area contributed by atoms with Gasteiger partial charge in [-0.15, -0.1) is 24.0 Å². The molecule has 0 spiro atoms. The monoisotopic (exact) mass is 448 g/mol. The van der Waals surface area contributed by atoms with Gasteiger partial charge in [-0.25, -0.2) is 4.99 Å². The lowest BCUT2D eigenvalue weighted by Crippen LogP contribution is -2.41. The van der Waals surface area contributed by atoms with E-state index in [9.17, 15) is 4.79 Å². The Labute approximate surface area is 162 Å². The van der Waals surface area contributed by atoms with Gasteiger partial charge in [0.15, 0.2) is 5.96 Å². The van der Waals surface area contributed by atoms with E-state index in [1.54, 1.807) is 21.2 Å². The first kappa shape index (κ1) is 22.6. The molecule has 0 unspecified atom stereocenters. The van der Waals surface area contributed by atoms with Crippen molar-refractivity contribution in [3.63, 3.8) is 0 Å². The van der Waals surface area contributed by atoms with E-state index in [2.05, 4.69) is 41.5 Å². The highest BCUT2D eigenvalue weighted by Gasteiger charge is 2.09. The smallest absolute Gasteiger partial charge is 0.243 e. The van der Waals surface area contributed by atoms with Crippen LogP contribution in [0.4, 0.5) is 0 Å². The second-order valence-electron chi connectivity index (χ2n) is 5.69. The number of amides is 1. The topological polar surface area (TPSA) is 57.2 Å². The second-order valence-corrected chi connectivity index (χ2v) is 5.69. The minimum absolute atomic E-state index is 0. The summed E-state index contributed by atoms with van der Waals surface area (Å²) in [5, 5.41) is 3.23. The van der Waals surface area contributed by atoms with Crippen LogP contribution in [0.15, 0.2) is 29.3 Å². The first-order valence-corrected chi connectivity index (χ1v) is 7.68. The second kappa shape index (κ2) is 12.1. The van der Waals surface area contributed by atoms with Crippen LogP contribution in [0, 0.1) is 6.92 Å². The van der Waals surface area contributed by atoms with Gasteiger partial charge in [0.25, 0.3) is 0 Å². The molecule has 0 fully saturated rings. The Morgan fingerprint density at radius 3 is 2.38 bits per heavy atom. The van der Waals surface area contributed by atoms with Gasteiger partial charge in [0.1, 0.15) is 6.54 Å². The number of hydrogen-bond acceptors (Lipinski definition) is 3. The molecule has 0 saturated carbocycles. The molecule has 0 saturated heterocycles. The van der Waals surface area contributed by atoms with Gasteiger partial charge in [-0.3, -0.25) is 4.79 Å². The molecule has 1 aromatic carbocycles. The third kappa shape index (κ3) is 8.49. The fraction of sp³-hybridized carbons (Fsp3) is 0.529. The van der Waals surface area contributed by atoms with Crippen molar-refractivity contribution in [2.24, 2.45) is 4.99 Å². The molecule has 6 nitrogen and oxygen atoms in total. The molecule has 1 amide bonds. The molecular formula is C17H29IN4O2. The first-order chi connectivity index (χ1) is 10.9. The SMILES string of the molecule is COCCNC(=NCC(=O)N(C)C)N(C)Cc1ccc(C)cc1.I. The fourth-order valence-corrected chi connectivity index (χ4v) is 1.90. The van der Waals surface area contributed by atoms with Gasteiger partial charge in [-0.05, 0) is 12.5 Å². The summed E-state index contributed by atoms with van der Waals surface area (Å²) in [7, 11) is 7.07. The van der Waals surface area contributed by atoms with Crippen molar-refractivity contribution in [1.29, 1.82) is 0 Å². The third-order valence-electron chi connectivity index (χ3n) is 3.35. The lowest BCUT2D eigenvalue weighted by atomic mass is 10.1. The highest BCUT2D eigenvalue weighted by atomic mass is 127. The van der Waals surface area contributed by atoms with Crippen LogP contribution in [0.5, 0.6) is 0 Å². The predicted octanol–water partition coefficient (Wildman–Crippen LogP) is 1.73. The van der Waals surface area contributed by atoms with Crippen molar-refractivity contribution in [3.05, 3.63) is 35.4 Å². The summed E-state index contributed by atoms with van der Waals surface area (Å²) in [6.45, 7) is 4.14. The maximum Gasteiger partial charge on any atom is 0.243 e. The lowest BCUT2D eigenvalue weighted by molar-refractivity contribution is -0.127. The van der Waals surface area contributed by atoms with Gasteiger partial charge in [-0.1, -0.05) is 29.8 Å². The zero-order valence-corrected chi connectivity index (χ0v) is 17.5. The molecule has 0 atom stereocenters. The van der Waals surface area contributed by atoms with Gasteiger partial charge >= 0.3 is 0 Å². The van der Waals surface area contributed by atoms with E-state index in [1.165, 1.54) is 16.0 Å². The van der Waals surface area contributed by atoms with Gasteiger partial charge < -0.3 is 19.9 Å². The van der Waals surface area contributed by atoms with Crippen LogP contribution >= 0.6 is 24.0 Å². The molecule has 0 aliphatic carbocycles.